The molecule has 13 heavy (non-hydrogen) atoms. The third kappa shape index (κ3) is 5.64. The summed E-state index contributed by atoms with van der Waals surface area (Å²) >= 11 is 0. The van der Waals surface area contributed by atoms with Crippen molar-refractivity contribution in [3.8, 4) is 0 Å². The van der Waals surface area contributed by atoms with Crippen LogP contribution in [-0.4, -0.2) is 25.8 Å². The Labute approximate surface area is 80.4 Å². The van der Waals surface area contributed by atoms with E-state index in [4.69, 9.17) is 4.74 Å². The average molecular weight is 188 g/mol. The number of carbonyl (C=O) groups is 1. The summed E-state index contributed by atoms with van der Waals surface area (Å²) in [6.45, 7) is 6.60. The summed E-state index contributed by atoms with van der Waals surface area (Å²) in [6, 6.07) is 0. The number of methoxy groups -OCH3 is 1. The highest BCUT2D eigenvalue weighted by atomic mass is 16.6. The van der Waals surface area contributed by atoms with Gasteiger partial charge in [-0.3, -0.25) is 0 Å². The van der Waals surface area contributed by atoms with Crippen molar-refractivity contribution in [3.05, 3.63) is 0 Å². The zero-order chi connectivity index (χ0) is 10.3. The van der Waals surface area contributed by atoms with E-state index in [9.17, 15) is 4.79 Å². The van der Waals surface area contributed by atoms with Gasteiger partial charge in [-0.05, 0) is 19.3 Å². The molecule has 0 rings (SSSR count). The zero-order valence-corrected chi connectivity index (χ0v) is 9.00. The monoisotopic (exact) mass is 188 g/mol. The van der Waals surface area contributed by atoms with Gasteiger partial charge in [-0.2, -0.15) is 0 Å². The minimum Gasteiger partial charge on any atom is -0.467 e. The fourth-order valence-corrected chi connectivity index (χ4v) is 1.12. The first-order valence-corrected chi connectivity index (χ1v) is 4.81. The lowest BCUT2D eigenvalue weighted by molar-refractivity contribution is -0.153. The van der Waals surface area contributed by atoms with E-state index < -0.39 is 6.10 Å². The number of hydrogen-bond acceptors (Lipinski definition) is 3. The standard InChI is InChI=1S/C10H20O3/c1-5-6-8(2)7-13-9(3)10(11)12-4/h8-9H,5-7H2,1-4H3/t8?,9-/m0/s1. The molecule has 0 N–H and O–H groups in total. The number of rotatable bonds is 6. The Balaban J connectivity index is 3.56. The van der Waals surface area contributed by atoms with E-state index in [0.717, 1.165) is 12.8 Å². The maximum atomic E-state index is 10.9. The number of hydrogen-bond donors (Lipinski definition) is 0. The molecular formula is C10H20O3. The second-order valence-electron chi connectivity index (χ2n) is 3.39. The van der Waals surface area contributed by atoms with Crippen LogP contribution in [0.4, 0.5) is 0 Å². The molecule has 2 atom stereocenters. The second-order valence-corrected chi connectivity index (χ2v) is 3.39. The average Bonchev–Trinajstić information content (AvgIpc) is 2.13. The zero-order valence-electron chi connectivity index (χ0n) is 9.00. The summed E-state index contributed by atoms with van der Waals surface area (Å²) in [4.78, 5) is 10.9. The van der Waals surface area contributed by atoms with E-state index in [1.165, 1.54) is 7.11 Å². The van der Waals surface area contributed by atoms with Crippen molar-refractivity contribution in [2.75, 3.05) is 13.7 Å². The van der Waals surface area contributed by atoms with Crippen LogP contribution in [0.3, 0.4) is 0 Å². The first kappa shape index (κ1) is 12.4. The molecule has 0 aliphatic heterocycles. The topological polar surface area (TPSA) is 35.5 Å². The molecule has 3 heteroatoms. The Kier molecular flexibility index (Phi) is 6.59. The highest BCUT2D eigenvalue weighted by molar-refractivity contribution is 5.73. The summed E-state index contributed by atoms with van der Waals surface area (Å²) in [5.41, 5.74) is 0. The fourth-order valence-electron chi connectivity index (χ4n) is 1.12. The molecule has 0 aromatic rings. The lowest BCUT2D eigenvalue weighted by Crippen LogP contribution is -2.24. The van der Waals surface area contributed by atoms with E-state index in [2.05, 4.69) is 18.6 Å². The molecule has 3 nitrogen and oxygen atoms in total. The van der Waals surface area contributed by atoms with E-state index in [1.54, 1.807) is 6.92 Å². The van der Waals surface area contributed by atoms with E-state index >= 15 is 0 Å². The number of carbonyl (C=O) groups excluding carboxylic acids is 1. The smallest absolute Gasteiger partial charge is 0.334 e. The van der Waals surface area contributed by atoms with Gasteiger partial charge in [0, 0.05) is 0 Å². The van der Waals surface area contributed by atoms with Gasteiger partial charge in [0.25, 0.3) is 0 Å². The van der Waals surface area contributed by atoms with Crippen molar-refractivity contribution in [1.29, 1.82) is 0 Å². The van der Waals surface area contributed by atoms with Crippen molar-refractivity contribution in [2.24, 2.45) is 5.92 Å². The Bertz CT molecular complexity index is 145. The van der Waals surface area contributed by atoms with Crippen molar-refractivity contribution in [3.63, 3.8) is 0 Å². The second kappa shape index (κ2) is 6.89. The largest absolute Gasteiger partial charge is 0.467 e. The first-order chi connectivity index (χ1) is 6.11. The van der Waals surface area contributed by atoms with Crippen LogP contribution in [0, 0.1) is 5.92 Å². The van der Waals surface area contributed by atoms with Crippen LogP contribution < -0.4 is 0 Å². The molecule has 0 bridgehead atoms. The molecule has 0 saturated carbocycles. The summed E-state index contributed by atoms with van der Waals surface area (Å²) < 4.78 is 9.87. The third-order valence-corrected chi connectivity index (χ3v) is 1.95. The van der Waals surface area contributed by atoms with Crippen LogP contribution in [0.5, 0.6) is 0 Å². The summed E-state index contributed by atoms with van der Waals surface area (Å²) in [5, 5.41) is 0. The van der Waals surface area contributed by atoms with Gasteiger partial charge in [-0.25, -0.2) is 4.79 Å². The number of ether oxygens (including phenoxy) is 2. The maximum absolute atomic E-state index is 10.9. The third-order valence-electron chi connectivity index (χ3n) is 1.95. The van der Waals surface area contributed by atoms with Gasteiger partial charge in [0.2, 0.25) is 0 Å². The van der Waals surface area contributed by atoms with Crippen LogP contribution in [0.25, 0.3) is 0 Å². The molecule has 0 saturated heterocycles. The van der Waals surface area contributed by atoms with Crippen molar-refractivity contribution in [1.82, 2.24) is 0 Å². The summed E-state index contributed by atoms with van der Waals surface area (Å²) in [7, 11) is 1.37. The molecule has 0 heterocycles. The Hall–Kier alpha value is -0.570. The molecule has 0 aromatic carbocycles. The van der Waals surface area contributed by atoms with Crippen molar-refractivity contribution >= 4 is 5.97 Å². The molecular weight excluding hydrogens is 168 g/mol. The molecule has 0 aliphatic carbocycles. The Morgan fingerprint density at radius 2 is 2.00 bits per heavy atom. The van der Waals surface area contributed by atoms with Gasteiger partial charge in [0.1, 0.15) is 0 Å². The lowest BCUT2D eigenvalue weighted by Gasteiger charge is -2.14. The van der Waals surface area contributed by atoms with E-state index in [-0.39, 0.29) is 5.97 Å². The van der Waals surface area contributed by atoms with E-state index in [0.29, 0.717) is 12.5 Å². The molecule has 0 spiro atoms. The van der Waals surface area contributed by atoms with Crippen LogP contribution in [-0.2, 0) is 14.3 Å². The van der Waals surface area contributed by atoms with Gasteiger partial charge in [-0.15, -0.1) is 0 Å². The SMILES string of the molecule is CCCC(C)CO[C@@H](C)C(=O)OC. The fraction of sp³-hybridized carbons (Fsp3) is 0.900. The molecule has 0 fully saturated rings. The predicted molar refractivity (Wildman–Crippen MR) is 51.5 cm³/mol. The summed E-state index contributed by atoms with van der Waals surface area (Å²) in [6.07, 6.45) is 1.84. The van der Waals surface area contributed by atoms with Gasteiger partial charge in [-0.1, -0.05) is 20.3 Å². The normalized spacial score (nSPS) is 15.1. The molecule has 1 unspecified atom stereocenters. The molecule has 0 aliphatic rings. The van der Waals surface area contributed by atoms with Gasteiger partial charge in [0.05, 0.1) is 13.7 Å². The van der Waals surface area contributed by atoms with Crippen molar-refractivity contribution in [2.45, 2.75) is 39.7 Å². The molecule has 0 amide bonds. The van der Waals surface area contributed by atoms with Crippen molar-refractivity contribution < 1.29 is 14.3 Å². The van der Waals surface area contributed by atoms with Crippen LogP contribution in [0.15, 0.2) is 0 Å². The quantitative estimate of drug-likeness (QED) is 0.598. The highest BCUT2D eigenvalue weighted by Crippen LogP contribution is 2.07. The van der Waals surface area contributed by atoms with Gasteiger partial charge < -0.3 is 9.47 Å². The number of esters is 1. The van der Waals surface area contributed by atoms with Crippen LogP contribution in [0.1, 0.15) is 33.6 Å². The maximum Gasteiger partial charge on any atom is 0.334 e. The van der Waals surface area contributed by atoms with Gasteiger partial charge in [0.15, 0.2) is 6.10 Å². The molecule has 0 aromatic heterocycles. The minimum absolute atomic E-state index is 0.302. The van der Waals surface area contributed by atoms with Crippen LogP contribution in [0.2, 0.25) is 0 Å². The lowest BCUT2D eigenvalue weighted by atomic mass is 10.1. The molecule has 78 valence electrons. The summed E-state index contributed by atoms with van der Waals surface area (Å²) in [5.74, 6) is 0.209. The van der Waals surface area contributed by atoms with Crippen LogP contribution >= 0.6 is 0 Å². The first-order valence-electron chi connectivity index (χ1n) is 4.81. The minimum atomic E-state index is -0.440. The highest BCUT2D eigenvalue weighted by Gasteiger charge is 2.14. The Morgan fingerprint density at radius 1 is 1.38 bits per heavy atom. The Morgan fingerprint density at radius 3 is 2.46 bits per heavy atom. The van der Waals surface area contributed by atoms with E-state index in [1.807, 2.05) is 0 Å². The van der Waals surface area contributed by atoms with Gasteiger partial charge >= 0.3 is 5.97 Å². The molecule has 0 radical (unpaired) electrons. The predicted octanol–water partition coefficient (Wildman–Crippen LogP) is 2.00.